The Morgan fingerprint density at radius 1 is 1.55 bits per heavy atom. The molecule has 0 bridgehead atoms. The zero-order valence-electron chi connectivity index (χ0n) is 7.47. The van der Waals surface area contributed by atoms with Gasteiger partial charge in [0.1, 0.15) is 0 Å². The van der Waals surface area contributed by atoms with Gasteiger partial charge in [0.25, 0.3) is 0 Å². The molecular weight excluding hydrogens is 142 g/mol. The van der Waals surface area contributed by atoms with Gasteiger partial charge < -0.3 is 15.2 Å². The number of rotatable bonds is 7. The van der Waals surface area contributed by atoms with E-state index in [1.165, 1.54) is 0 Å². The highest BCUT2D eigenvalue weighted by atomic mass is 16.5. The molecule has 0 amide bonds. The van der Waals surface area contributed by atoms with Crippen molar-refractivity contribution in [3.05, 3.63) is 0 Å². The van der Waals surface area contributed by atoms with Crippen molar-refractivity contribution in [3.63, 3.8) is 0 Å². The van der Waals surface area contributed by atoms with Crippen LogP contribution in [-0.2, 0) is 4.74 Å². The summed E-state index contributed by atoms with van der Waals surface area (Å²) >= 11 is 0. The zero-order chi connectivity index (χ0) is 8.53. The zero-order valence-corrected chi connectivity index (χ0v) is 7.47. The van der Waals surface area contributed by atoms with Crippen LogP contribution in [0.3, 0.4) is 0 Å². The highest BCUT2D eigenvalue weighted by molar-refractivity contribution is 4.57. The minimum Gasteiger partial charge on any atom is -0.392 e. The monoisotopic (exact) mass is 161 g/mol. The summed E-state index contributed by atoms with van der Waals surface area (Å²) in [4.78, 5) is 0. The molecule has 1 atom stereocenters. The topological polar surface area (TPSA) is 41.5 Å². The molecule has 0 aromatic rings. The largest absolute Gasteiger partial charge is 0.392 e. The Bertz CT molecular complexity index is 78.5. The van der Waals surface area contributed by atoms with Crippen LogP contribution in [0.1, 0.15) is 19.8 Å². The van der Waals surface area contributed by atoms with Crippen LogP contribution < -0.4 is 5.32 Å². The Morgan fingerprint density at radius 3 is 2.82 bits per heavy atom. The van der Waals surface area contributed by atoms with Crippen LogP contribution in [0.25, 0.3) is 0 Å². The van der Waals surface area contributed by atoms with Crippen LogP contribution in [0.15, 0.2) is 0 Å². The molecule has 68 valence electrons. The van der Waals surface area contributed by atoms with Crippen molar-refractivity contribution >= 4 is 0 Å². The molecule has 0 aliphatic heterocycles. The molecule has 0 aromatic heterocycles. The van der Waals surface area contributed by atoms with Crippen LogP contribution in [0, 0.1) is 0 Å². The van der Waals surface area contributed by atoms with E-state index in [0.29, 0.717) is 13.2 Å². The molecule has 3 nitrogen and oxygen atoms in total. The second-order valence-corrected chi connectivity index (χ2v) is 2.64. The highest BCUT2D eigenvalue weighted by Crippen LogP contribution is 1.92. The van der Waals surface area contributed by atoms with Gasteiger partial charge in [-0.05, 0) is 6.42 Å². The molecule has 0 fully saturated rings. The molecule has 0 aromatic carbocycles. The minimum atomic E-state index is -0.197. The molecule has 0 radical (unpaired) electrons. The molecule has 0 aliphatic carbocycles. The van der Waals surface area contributed by atoms with Gasteiger partial charge in [-0.1, -0.05) is 13.3 Å². The van der Waals surface area contributed by atoms with E-state index in [1.54, 1.807) is 7.11 Å². The summed E-state index contributed by atoms with van der Waals surface area (Å²) in [5, 5.41) is 12.3. The lowest BCUT2D eigenvalue weighted by atomic mass is 10.2. The molecule has 0 aliphatic rings. The van der Waals surface area contributed by atoms with Gasteiger partial charge in [-0.3, -0.25) is 0 Å². The molecular formula is C8H19NO2. The van der Waals surface area contributed by atoms with E-state index in [2.05, 4.69) is 12.2 Å². The maximum atomic E-state index is 9.25. The molecule has 3 heteroatoms. The quantitative estimate of drug-likeness (QED) is 0.530. The number of aliphatic hydroxyl groups is 1. The summed E-state index contributed by atoms with van der Waals surface area (Å²) in [6.07, 6.45) is 1.71. The number of hydrogen-bond donors (Lipinski definition) is 2. The van der Waals surface area contributed by atoms with E-state index in [4.69, 9.17) is 4.74 Å². The Hall–Kier alpha value is -0.120. The van der Waals surface area contributed by atoms with Gasteiger partial charge in [-0.15, -0.1) is 0 Å². The lowest BCUT2D eigenvalue weighted by Gasteiger charge is -2.09. The standard InChI is InChI=1S/C8H19NO2/c1-3-4-8(10)7-9-5-6-11-2/h8-10H,3-7H2,1-2H3. The van der Waals surface area contributed by atoms with Crippen molar-refractivity contribution in [3.8, 4) is 0 Å². The van der Waals surface area contributed by atoms with E-state index in [0.717, 1.165) is 19.4 Å². The van der Waals surface area contributed by atoms with Crippen molar-refractivity contribution < 1.29 is 9.84 Å². The summed E-state index contributed by atoms with van der Waals surface area (Å²) in [6, 6.07) is 0. The Morgan fingerprint density at radius 2 is 2.27 bits per heavy atom. The third-order valence-corrected chi connectivity index (χ3v) is 1.48. The molecule has 0 rings (SSSR count). The maximum absolute atomic E-state index is 9.25. The molecule has 1 unspecified atom stereocenters. The maximum Gasteiger partial charge on any atom is 0.0664 e. The second kappa shape index (κ2) is 7.98. The fourth-order valence-electron chi connectivity index (χ4n) is 0.878. The SMILES string of the molecule is CCCC(O)CNCCOC. The minimum absolute atomic E-state index is 0.197. The molecule has 11 heavy (non-hydrogen) atoms. The molecule has 0 spiro atoms. The lowest BCUT2D eigenvalue weighted by molar-refractivity contribution is 0.151. The molecule has 0 saturated heterocycles. The number of ether oxygens (including phenoxy) is 1. The average Bonchev–Trinajstić information content (AvgIpc) is 1.99. The van der Waals surface area contributed by atoms with Gasteiger partial charge in [0.15, 0.2) is 0 Å². The smallest absolute Gasteiger partial charge is 0.0664 e. The number of nitrogens with one attached hydrogen (secondary N) is 1. The Labute approximate surface area is 68.8 Å². The molecule has 0 heterocycles. The summed E-state index contributed by atoms with van der Waals surface area (Å²) < 4.78 is 4.84. The van der Waals surface area contributed by atoms with Crippen LogP contribution in [0.2, 0.25) is 0 Å². The fourth-order valence-corrected chi connectivity index (χ4v) is 0.878. The number of hydrogen-bond acceptors (Lipinski definition) is 3. The second-order valence-electron chi connectivity index (χ2n) is 2.64. The third-order valence-electron chi connectivity index (χ3n) is 1.48. The van der Waals surface area contributed by atoms with E-state index in [9.17, 15) is 5.11 Å². The predicted octanol–water partition coefficient (Wildman–Crippen LogP) is 0.383. The molecule has 0 saturated carbocycles. The Balaban J connectivity index is 2.97. The lowest BCUT2D eigenvalue weighted by Crippen LogP contribution is -2.29. The van der Waals surface area contributed by atoms with Crippen molar-refractivity contribution in [2.75, 3.05) is 26.8 Å². The van der Waals surface area contributed by atoms with Crippen LogP contribution >= 0.6 is 0 Å². The normalized spacial score (nSPS) is 13.4. The summed E-state index contributed by atoms with van der Waals surface area (Å²) in [5.74, 6) is 0. The first-order valence-corrected chi connectivity index (χ1v) is 4.19. The molecule has 2 N–H and O–H groups in total. The van der Waals surface area contributed by atoms with Gasteiger partial charge >= 0.3 is 0 Å². The number of aliphatic hydroxyl groups excluding tert-OH is 1. The fraction of sp³-hybridized carbons (Fsp3) is 1.00. The van der Waals surface area contributed by atoms with Crippen LogP contribution in [0.4, 0.5) is 0 Å². The van der Waals surface area contributed by atoms with Gasteiger partial charge in [0.05, 0.1) is 12.7 Å². The van der Waals surface area contributed by atoms with Crippen molar-refractivity contribution in [1.29, 1.82) is 0 Å². The van der Waals surface area contributed by atoms with Gasteiger partial charge in [0.2, 0.25) is 0 Å². The summed E-state index contributed by atoms with van der Waals surface area (Å²) in [5.41, 5.74) is 0. The first-order valence-electron chi connectivity index (χ1n) is 4.19. The van der Waals surface area contributed by atoms with Crippen molar-refractivity contribution in [1.82, 2.24) is 5.32 Å². The first kappa shape index (κ1) is 10.9. The highest BCUT2D eigenvalue weighted by Gasteiger charge is 1.99. The van der Waals surface area contributed by atoms with Gasteiger partial charge in [0, 0.05) is 20.2 Å². The van der Waals surface area contributed by atoms with Crippen molar-refractivity contribution in [2.24, 2.45) is 0 Å². The summed E-state index contributed by atoms with van der Waals surface area (Å²) in [6.45, 7) is 4.27. The summed E-state index contributed by atoms with van der Waals surface area (Å²) in [7, 11) is 1.67. The predicted molar refractivity (Wildman–Crippen MR) is 45.7 cm³/mol. The van der Waals surface area contributed by atoms with Gasteiger partial charge in [-0.25, -0.2) is 0 Å². The Kier molecular flexibility index (Phi) is 7.89. The first-order chi connectivity index (χ1) is 5.31. The van der Waals surface area contributed by atoms with E-state index in [1.807, 2.05) is 0 Å². The van der Waals surface area contributed by atoms with E-state index in [-0.39, 0.29) is 6.10 Å². The average molecular weight is 161 g/mol. The van der Waals surface area contributed by atoms with E-state index < -0.39 is 0 Å². The van der Waals surface area contributed by atoms with Gasteiger partial charge in [-0.2, -0.15) is 0 Å². The van der Waals surface area contributed by atoms with Crippen LogP contribution in [0.5, 0.6) is 0 Å². The van der Waals surface area contributed by atoms with Crippen molar-refractivity contribution in [2.45, 2.75) is 25.9 Å². The number of methoxy groups -OCH3 is 1. The van der Waals surface area contributed by atoms with E-state index >= 15 is 0 Å². The third kappa shape index (κ3) is 7.78. The van der Waals surface area contributed by atoms with Crippen LogP contribution in [-0.4, -0.2) is 38.0 Å².